The van der Waals surface area contributed by atoms with Crippen molar-refractivity contribution in [2.45, 2.75) is 6.42 Å². The summed E-state index contributed by atoms with van der Waals surface area (Å²) in [6.45, 7) is 0. The highest BCUT2D eigenvalue weighted by atomic mass is 32.1. The highest BCUT2D eigenvalue weighted by molar-refractivity contribution is 7.80. The number of hydrogen-bond donors (Lipinski definition) is 3. The third-order valence-electron chi connectivity index (χ3n) is 2.77. The van der Waals surface area contributed by atoms with Gasteiger partial charge < -0.3 is 16.2 Å². The summed E-state index contributed by atoms with van der Waals surface area (Å²) in [6, 6.07) is 13.8. The normalized spacial score (nSPS) is 10.0. The summed E-state index contributed by atoms with van der Waals surface area (Å²) in [7, 11) is 0. The lowest BCUT2D eigenvalue weighted by Crippen LogP contribution is -2.15. The van der Waals surface area contributed by atoms with Crippen LogP contribution in [-0.4, -0.2) is 16.0 Å². The number of phenols is 1. The maximum Gasteiger partial charge on any atom is 0.228 e. The molecule has 2 rings (SSSR count). The van der Waals surface area contributed by atoms with E-state index in [0.717, 1.165) is 0 Å². The maximum atomic E-state index is 11.9. The van der Waals surface area contributed by atoms with Crippen molar-refractivity contribution < 1.29 is 9.90 Å². The van der Waals surface area contributed by atoms with Gasteiger partial charge in [0, 0.05) is 16.8 Å². The van der Waals surface area contributed by atoms with E-state index in [9.17, 15) is 9.90 Å². The van der Waals surface area contributed by atoms with E-state index in [-0.39, 0.29) is 23.1 Å². The summed E-state index contributed by atoms with van der Waals surface area (Å²) < 4.78 is 0. The van der Waals surface area contributed by atoms with E-state index in [1.54, 1.807) is 48.5 Å². The molecule has 0 aromatic heterocycles. The lowest BCUT2D eigenvalue weighted by molar-refractivity contribution is -0.115. The molecular weight excluding hydrogens is 272 g/mol. The fourth-order valence-corrected chi connectivity index (χ4v) is 1.92. The predicted molar refractivity (Wildman–Crippen MR) is 82.8 cm³/mol. The highest BCUT2D eigenvalue weighted by Crippen LogP contribution is 2.17. The number of nitrogens with one attached hydrogen (secondary N) is 1. The lowest BCUT2D eigenvalue weighted by Gasteiger charge is -2.08. The largest absolute Gasteiger partial charge is 0.508 e. The molecule has 0 aliphatic rings. The highest BCUT2D eigenvalue weighted by Gasteiger charge is 2.08. The minimum atomic E-state index is -0.216. The van der Waals surface area contributed by atoms with Gasteiger partial charge in [0.25, 0.3) is 0 Å². The van der Waals surface area contributed by atoms with Crippen LogP contribution in [0, 0.1) is 0 Å². The van der Waals surface area contributed by atoms with E-state index in [0.29, 0.717) is 16.8 Å². The minimum Gasteiger partial charge on any atom is -0.508 e. The van der Waals surface area contributed by atoms with Gasteiger partial charge in [0.1, 0.15) is 10.7 Å². The van der Waals surface area contributed by atoms with Crippen molar-refractivity contribution in [3.63, 3.8) is 0 Å². The van der Waals surface area contributed by atoms with Gasteiger partial charge in [-0.25, -0.2) is 0 Å². The monoisotopic (exact) mass is 286 g/mol. The number of carbonyl (C=O) groups is 1. The summed E-state index contributed by atoms with van der Waals surface area (Å²) in [5.41, 5.74) is 7.44. The number of nitrogens with two attached hydrogens (primary N) is 1. The molecule has 0 atom stereocenters. The van der Waals surface area contributed by atoms with Crippen LogP contribution in [0.4, 0.5) is 5.69 Å². The molecule has 102 valence electrons. The number of carbonyl (C=O) groups excluding carboxylic acids is 1. The standard InChI is InChI=1S/C15H14N2O2S/c16-15(20)11-5-3-6-12(8-11)17-14(19)9-10-4-1-2-7-13(10)18/h1-8,18H,9H2,(H2,16,20)(H,17,19). The number of anilines is 1. The van der Waals surface area contributed by atoms with Crippen LogP contribution in [0.15, 0.2) is 48.5 Å². The van der Waals surface area contributed by atoms with Gasteiger partial charge in [0.15, 0.2) is 0 Å². The number of hydrogen-bond acceptors (Lipinski definition) is 3. The molecule has 5 heteroatoms. The Morgan fingerprint density at radius 1 is 1.20 bits per heavy atom. The Hall–Kier alpha value is -2.40. The van der Waals surface area contributed by atoms with E-state index in [2.05, 4.69) is 5.32 Å². The summed E-state index contributed by atoms with van der Waals surface area (Å²) in [4.78, 5) is 12.2. The average Bonchev–Trinajstić information content (AvgIpc) is 2.41. The van der Waals surface area contributed by atoms with Gasteiger partial charge in [-0.05, 0) is 18.2 Å². The molecule has 2 aromatic carbocycles. The number of para-hydroxylation sites is 1. The second-order valence-corrected chi connectivity index (χ2v) is 4.74. The molecule has 0 bridgehead atoms. The molecule has 0 heterocycles. The Balaban J connectivity index is 2.07. The third-order valence-corrected chi connectivity index (χ3v) is 3.01. The molecule has 0 radical (unpaired) electrons. The molecule has 20 heavy (non-hydrogen) atoms. The molecule has 0 fully saturated rings. The second kappa shape index (κ2) is 6.16. The Bertz CT molecular complexity index is 656. The van der Waals surface area contributed by atoms with Crippen molar-refractivity contribution in [3.8, 4) is 5.75 Å². The Morgan fingerprint density at radius 3 is 2.65 bits per heavy atom. The van der Waals surface area contributed by atoms with Crippen LogP contribution in [0.25, 0.3) is 0 Å². The second-order valence-electron chi connectivity index (χ2n) is 4.30. The van der Waals surface area contributed by atoms with Gasteiger partial charge in [-0.3, -0.25) is 4.79 Å². The SMILES string of the molecule is NC(=S)c1cccc(NC(=O)Cc2ccccc2O)c1. The molecule has 0 aliphatic heterocycles. The van der Waals surface area contributed by atoms with Crippen LogP contribution >= 0.6 is 12.2 Å². The molecular formula is C15H14N2O2S. The van der Waals surface area contributed by atoms with E-state index >= 15 is 0 Å². The first-order valence-corrected chi connectivity index (χ1v) is 6.43. The molecule has 0 spiro atoms. The molecule has 4 N–H and O–H groups in total. The van der Waals surface area contributed by atoms with Crippen molar-refractivity contribution in [2.75, 3.05) is 5.32 Å². The summed E-state index contributed by atoms with van der Waals surface area (Å²) >= 11 is 4.89. The summed E-state index contributed by atoms with van der Waals surface area (Å²) in [6.07, 6.45) is 0.101. The molecule has 1 amide bonds. The number of aromatic hydroxyl groups is 1. The maximum absolute atomic E-state index is 11.9. The summed E-state index contributed by atoms with van der Waals surface area (Å²) in [5, 5.41) is 12.4. The van der Waals surface area contributed by atoms with E-state index < -0.39 is 0 Å². The van der Waals surface area contributed by atoms with E-state index in [4.69, 9.17) is 18.0 Å². The number of rotatable bonds is 4. The van der Waals surface area contributed by atoms with Crippen molar-refractivity contribution >= 4 is 28.8 Å². The van der Waals surface area contributed by atoms with Gasteiger partial charge in [-0.2, -0.15) is 0 Å². The first-order valence-electron chi connectivity index (χ1n) is 6.03. The summed E-state index contributed by atoms with van der Waals surface area (Å²) in [5.74, 6) is -0.105. The van der Waals surface area contributed by atoms with Gasteiger partial charge in [-0.15, -0.1) is 0 Å². The average molecular weight is 286 g/mol. The number of phenolic OH excluding ortho intramolecular Hbond substituents is 1. The van der Waals surface area contributed by atoms with Crippen molar-refractivity contribution in [2.24, 2.45) is 5.73 Å². The zero-order valence-electron chi connectivity index (χ0n) is 10.7. The molecule has 4 nitrogen and oxygen atoms in total. The molecule has 0 aliphatic carbocycles. The van der Waals surface area contributed by atoms with Gasteiger partial charge in [-0.1, -0.05) is 42.5 Å². The lowest BCUT2D eigenvalue weighted by atomic mass is 10.1. The first-order chi connectivity index (χ1) is 9.56. The quantitative estimate of drug-likeness (QED) is 0.753. The fourth-order valence-electron chi connectivity index (χ4n) is 1.79. The van der Waals surface area contributed by atoms with Crippen LogP contribution in [-0.2, 0) is 11.2 Å². The number of amides is 1. The Labute approximate surface area is 122 Å². The van der Waals surface area contributed by atoms with Crippen LogP contribution in [0.2, 0.25) is 0 Å². The first kappa shape index (κ1) is 14.0. The Kier molecular flexibility index (Phi) is 4.32. The topological polar surface area (TPSA) is 75.3 Å². The molecule has 0 unspecified atom stereocenters. The molecule has 0 saturated carbocycles. The molecule has 2 aromatic rings. The van der Waals surface area contributed by atoms with Crippen LogP contribution in [0.5, 0.6) is 5.75 Å². The van der Waals surface area contributed by atoms with Gasteiger partial charge in [0.05, 0.1) is 6.42 Å². The van der Waals surface area contributed by atoms with Crippen molar-refractivity contribution in [3.05, 3.63) is 59.7 Å². The molecule has 0 saturated heterocycles. The zero-order chi connectivity index (χ0) is 14.5. The number of benzene rings is 2. The van der Waals surface area contributed by atoms with Gasteiger partial charge >= 0.3 is 0 Å². The number of thiocarbonyl (C=S) groups is 1. The van der Waals surface area contributed by atoms with E-state index in [1.807, 2.05) is 0 Å². The Morgan fingerprint density at radius 2 is 1.95 bits per heavy atom. The smallest absolute Gasteiger partial charge is 0.228 e. The van der Waals surface area contributed by atoms with Crippen LogP contribution in [0.1, 0.15) is 11.1 Å². The minimum absolute atomic E-state index is 0.101. The van der Waals surface area contributed by atoms with Crippen LogP contribution < -0.4 is 11.1 Å². The van der Waals surface area contributed by atoms with E-state index in [1.165, 1.54) is 0 Å². The van der Waals surface area contributed by atoms with Gasteiger partial charge in [0.2, 0.25) is 5.91 Å². The van der Waals surface area contributed by atoms with Crippen molar-refractivity contribution in [1.82, 2.24) is 0 Å². The van der Waals surface area contributed by atoms with Crippen LogP contribution in [0.3, 0.4) is 0 Å². The predicted octanol–water partition coefficient (Wildman–Crippen LogP) is 2.21. The third kappa shape index (κ3) is 3.55. The van der Waals surface area contributed by atoms with Crippen molar-refractivity contribution in [1.29, 1.82) is 0 Å². The zero-order valence-corrected chi connectivity index (χ0v) is 11.5. The fraction of sp³-hybridized carbons (Fsp3) is 0.0667.